The zero-order valence-corrected chi connectivity index (χ0v) is 26.6. The van der Waals surface area contributed by atoms with Crippen LogP contribution in [0.2, 0.25) is 0 Å². The predicted molar refractivity (Wildman–Crippen MR) is 146 cm³/mol. The van der Waals surface area contributed by atoms with E-state index in [4.69, 9.17) is 0 Å². The number of hydrogen-bond donors (Lipinski definition) is 0. The molecule has 1 unspecified atom stereocenters. The molecule has 35 heavy (non-hydrogen) atoms. The van der Waals surface area contributed by atoms with Crippen molar-refractivity contribution < 1.29 is 46.7 Å². The SMILES string of the molecule is CCCCC/C=C/C(CCCCCCCCCCCCCCCCCCCC)COS(=O)(=O)[O-].[Na+]. The van der Waals surface area contributed by atoms with Gasteiger partial charge in [-0.05, 0) is 19.3 Å². The summed E-state index contributed by atoms with van der Waals surface area (Å²) in [5.41, 5.74) is 0. The minimum absolute atomic E-state index is 0. The van der Waals surface area contributed by atoms with Crippen LogP contribution in [0.15, 0.2) is 12.2 Å². The average Bonchev–Trinajstić information content (AvgIpc) is 2.80. The van der Waals surface area contributed by atoms with E-state index in [9.17, 15) is 13.0 Å². The molecule has 6 heteroatoms. The minimum atomic E-state index is -4.61. The minimum Gasteiger partial charge on any atom is -0.726 e. The van der Waals surface area contributed by atoms with E-state index < -0.39 is 10.4 Å². The van der Waals surface area contributed by atoms with E-state index in [1.165, 1.54) is 122 Å². The molecule has 0 N–H and O–H groups in total. The zero-order chi connectivity index (χ0) is 25.2. The van der Waals surface area contributed by atoms with Gasteiger partial charge in [-0.15, -0.1) is 0 Å². The van der Waals surface area contributed by atoms with Gasteiger partial charge in [0.15, 0.2) is 0 Å². The Balaban J connectivity index is 0. The van der Waals surface area contributed by atoms with Crippen LogP contribution in [0, 0.1) is 5.92 Å². The quantitative estimate of drug-likeness (QED) is 0.0397. The summed E-state index contributed by atoms with van der Waals surface area (Å²) in [6, 6.07) is 0. The zero-order valence-electron chi connectivity index (χ0n) is 23.7. The molecule has 0 aliphatic rings. The first-order valence-electron chi connectivity index (χ1n) is 14.8. The summed E-state index contributed by atoms with van der Waals surface area (Å²) < 4.78 is 36.9. The fourth-order valence-corrected chi connectivity index (χ4v) is 4.86. The van der Waals surface area contributed by atoms with Crippen molar-refractivity contribution in [3.05, 3.63) is 12.2 Å². The van der Waals surface area contributed by atoms with Crippen LogP contribution < -0.4 is 29.6 Å². The third-order valence-electron chi connectivity index (χ3n) is 6.74. The van der Waals surface area contributed by atoms with Crippen LogP contribution in [0.25, 0.3) is 0 Å². The van der Waals surface area contributed by atoms with Crippen molar-refractivity contribution in [3.8, 4) is 0 Å². The Kier molecular flexibility index (Phi) is 31.5. The second-order valence-corrected chi connectivity index (χ2v) is 11.2. The summed E-state index contributed by atoms with van der Waals surface area (Å²) in [6.07, 6.45) is 34.0. The van der Waals surface area contributed by atoms with Gasteiger partial charge in [-0.25, -0.2) is 8.42 Å². The molecule has 0 aromatic heterocycles. The molecule has 0 aromatic carbocycles. The number of unbranched alkanes of at least 4 members (excludes halogenated alkanes) is 20. The summed E-state index contributed by atoms with van der Waals surface area (Å²) >= 11 is 0. The fourth-order valence-electron chi connectivity index (χ4n) is 4.51. The molecule has 0 aliphatic heterocycles. The van der Waals surface area contributed by atoms with Crippen molar-refractivity contribution in [3.63, 3.8) is 0 Å². The summed E-state index contributed by atoms with van der Waals surface area (Å²) in [5.74, 6) is 0.0198. The van der Waals surface area contributed by atoms with Gasteiger partial charge in [-0.1, -0.05) is 154 Å². The molecule has 0 aliphatic carbocycles. The van der Waals surface area contributed by atoms with Gasteiger partial charge in [0.05, 0.1) is 6.61 Å². The molecule has 0 saturated carbocycles. The molecular weight excluding hydrogens is 467 g/mol. The van der Waals surface area contributed by atoms with Crippen LogP contribution >= 0.6 is 0 Å². The maximum Gasteiger partial charge on any atom is 1.00 e. The second kappa shape index (κ2) is 29.2. The van der Waals surface area contributed by atoms with E-state index in [1.54, 1.807) is 0 Å². The van der Waals surface area contributed by atoms with Crippen molar-refractivity contribution in [2.75, 3.05) is 6.61 Å². The van der Waals surface area contributed by atoms with Gasteiger partial charge in [0.25, 0.3) is 0 Å². The van der Waals surface area contributed by atoms with Crippen LogP contribution in [0.5, 0.6) is 0 Å². The Morgan fingerprint density at radius 1 is 0.629 bits per heavy atom. The van der Waals surface area contributed by atoms with E-state index in [0.717, 1.165) is 25.7 Å². The van der Waals surface area contributed by atoms with Gasteiger partial charge in [0.1, 0.15) is 0 Å². The Bertz CT molecular complexity index is 537. The number of hydrogen-bond acceptors (Lipinski definition) is 4. The van der Waals surface area contributed by atoms with Crippen LogP contribution in [0.4, 0.5) is 0 Å². The van der Waals surface area contributed by atoms with Crippen molar-refractivity contribution in [2.45, 2.75) is 162 Å². The first-order chi connectivity index (χ1) is 16.5. The second-order valence-electron chi connectivity index (χ2n) is 10.2. The molecule has 0 saturated heterocycles. The summed E-state index contributed by atoms with van der Waals surface area (Å²) in [6.45, 7) is 4.44. The smallest absolute Gasteiger partial charge is 0.726 e. The maximum absolute atomic E-state index is 10.8. The molecule has 204 valence electrons. The molecule has 1 atom stereocenters. The Labute approximate surface area is 242 Å². The van der Waals surface area contributed by atoms with Gasteiger partial charge in [-0.2, -0.15) is 0 Å². The maximum atomic E-state index is 10.8. The normalized spacial score (nSPS) is 12.8. The van der Waals surface area contributed by atoms with Crippen molar-refractivity contribution in [2.24, 2.45) is 5.92 Å². The third kappa shape index (κ3) is 32.6. The van der Waals surface area contributed by atoms with Crippen LogP contribution in [-0.4, -0.2) is 19.6 Å². The van der Waals surface area contributed by atoms with Crippen molar-refractivity contribution >= 4 is 10.4 Å². The number of rotatable bonds is 27. The van der Waals surface area contributed by atoms with Gasteiger partial charge >= 0.3 is 29.6 Å². The first-order valence-corrected chi connectivity index (χ1v) is 16.1. The molecule has 0 fully saturated rings. The Hall–Kier alpha value is 0.610. The summed E-state index contributed by atoms with van der Waals surface area (Å²) in [5, 5.41) is 0. The molecule has 0 amide bonds. The van der Waals surface area contributed by atoms with E-state index in [0.29, 0.717) is 0 Å². The molecule has 0 heterocycles. The standard InChI is InChI=1S/C29H58O4S.Na/c1-3-5-7-9-10-11-12-13-14-15-16-17-18-19-20-21-23-25-27-29(28-33-34(30,31)32)26-24-22-8-6-4-2;/h24,26,29H,3-23,25,27-28H2,1-2H3,(H,30,31,32);/q;+1/p-1/b26-24+;. The van der Waals surface area contributed by atoms with E-state index in [2.05, 4.69) is 30.2 Å². The van der Waals surface area contributed by atoms with Crippen molar-refractivity contribution in [1.29, 1.82) is 0 Å². The van der Waals surface area contributed by atoms with E-state index in [-0.39, 0.29) is 42.1 Å². The molecule has 0 spiro atoms. The topological polar surface area (TPSA) is 66.4 Å². The largest absolute Gasteiger partial charge is 1.00 e. The summed E-state index contributed by atoms with van der Waals surface area (Å²) in [4.78, 5) is 0. The fraction of sp³-hybridized carbons (Fsp3) is 0.931. The molecule has 0 radical (unpaired) electrons. The van der Waals surface area contributed by atoms with Gasteiger partial charge in [0, 0.05) is 5.92 Å². The molecular formula is C29H57NaO4S. The van der Waals surface area contributed by atoms with E-state index >= 15 is 0 Å². The molecule has 0 bridgehead atoms. The van der Waals surface area contributed by atoms with Gasteiger partial charge in [-0.3, -0.25) is 4.18 Å². The number of allylic oxidation sites excluding steroid dienone is 1. The van der Waals surface area contributed by atoms with Crippen LogP contribution in [0.3, 0.4) is 0 Å². The third-order valence-corrected chi connectivity index (χ3v) is 7.16. The predicted octanol–water partition coefficient (Wildman–Crippen LogP) is 6.65. The average molecular weight is 525 g/mol. The first kappa shape index (κ1) is 37.8. The van der Waals surface area contributed by atoms with Crippen LogP contribution in [-0.2, 0) is 14.6 Å². The van der Waals surface area contributed by atoms with Crippen molar-refractivity contribution in [1.82, 2.24) is 0 Å². The molecule has 4 nitrogen and oxygen atoms in total. The molecule has 0 aromatic rings. The van der Waals surface area contributed by atoms with Gasteiger partial charge < -0.3 is 4.55 Å². The summed E-state index contributed by atoms with van der Waals surface area (Å²) in [7, 11) is -4.61. The Morgan fingerprint density at radius 3 is 1.40 bits per heavy atom. The van der Waals surface area contributed by atoms with E-state index in [1.807, 2.05) is 0 Å². The molecule has 0 rings (SSSR count). The van der Waals surface area contributed by atoms with Crippen LogP contribution in [0.1, 0.15) is 162 Å². The monoisotopic (exact) mass is 524 g/mol. The Morgan fingerprint density at radius 2 is 1.00 bits per heavy atom. The van der Waals surface area contributed by atoms with Gasteiger partial charge in [0.2, 0.25) is 10.4 Å².